The van der Waals surface area contributed by atoms with Crippen LogP contribution in [0.2, 0.25) is 0 Å². The molecule has 146 valence electrons. The molecule has 28 heavy (non-hydrogen) atoms. The molecular weight excluding hydrogens is 352 g/mol. The van der Waals surface area contributed by atoms with Crippen molar-refractivity contribution < 1.29 is 11.0 Å². The molecular formula is C22H26N4O2. The number of amides is 2. The number of carbonyl (C=O) groups excluding carboxylic acids is 1. The number of aryl methyl sites for hydroxylation is 1. The van der Waals surface area contributed by atoms with Gasteiger partial charge in [0, 0.05) is 32.2 Å². The van der Waals surface area contributed by atoms with Crippen LogP contribution in [-0.4, -0.2) is 23.7 Å². The van der Waals surface area contributed by atoms with Crippen molar-refractivity contribution in [3.8, 4) is 23.1 Å². The molecule has 6 nitrogen and oxygen atoms in total. The molecule has 3 aromatic rings. The third kappa shape index (κ3) is 3.79. The van der Waals surface area contributed by atoms with E-state index in [0.29, 0.717) is 24.4 Å². The molecule has 0 saturated heterocycles. The quantitative estimate of drug-likeness (QED) is 0.641. The van der Waals surface area contributed by atoms with Gasteiger partial charge in [-0.15, -0.1) is 0 Å². The molecule has 0 bridgehead atoms. The number of benzene rings is 2. The van der Waals surface area contributed by atoms with Gasteiger partial charge in [-0.2, -0.15) is 5.26 Å². The topological polar surface area (TPSA) is 79.1 Å². The zero-order chi connectivity index (χ0) is 20.1. The molecule has 2 aromatic carbocycles. The summed E-state index contributed by atoms with van der Waals surface area (Å²) >= 11 is 0. The summed E-state index contributed by atoms with van der Waals surface area (Å²) in [6, 6.07) is 15.4. The molecule has 0 aliphatic rings. The second-order valence-electron chi connectivity index (χ2n) is 6.46. The number of nitrogens with zero attached hydrogens (tertiary/aromatic N) is 2. The number of nitrogens with one attached hydrogen (secondary N) is 2. The number of urea groups is 1. The Labute approximate surface area is 166 Å². The first-order valence-corrected chi connectivity index (χ1v) is 9.39. The molecule has 0 unspecified atom stereocenters. The Bertz CT molecular complexity index is 1040. The van der Waals surface area contributed by atoms with Crippen LogP contribution in [0.25, 0.3) is 22.2 Å². The van der Waals surface area contributed by atoms with Crippen molar-refractivity contribution in [1.29, 1.82) is 5.26 Å². The average molecular weight is 378 g/mol. The monoisotopic (exact) mass is 378 g/mol. The van der Waals surface area contributed by atoms with Gasteiger partial charge in [0.1, 0.15) is 11.8 Å². The van der Waals surface area contributed by atoms with E-state index >= 15 is 0 Å². The van der Waals surface area contributed by atoms with Gasteiger partial charge in [-0.1, -0.05) is 19.1 Å². The molecule has 6 heteroatoms. The number of carbonyl (C=O) groups is 1. The number of rotatable bonds is 6. The van der Waals surface area contributed by atoms with E-state index in [1.807, 2.05) is 67.9 Å². The third-order valence-electron chi connectivity index (χ3n) is 4.55. The second kappa shape index (κ2) is 8.49. The zero-order valence-corrected chi connectivity index (χ0v) is 16.4. The van der Waals surface area contributed by atoms with Crippen LogP contribution in [0.15, 0.2) is 42.5 Å². The van der Waals surface area contributed by atoms with E-state index < -0.39 is 0 Å². The summed E-state index contributed by atoms with van der Waals surface area (Å²) < 4.78 is 7.60. The Morgan fingerprint density at radius 2 is 1.96 bits per heavy atom. The largest absolute Gasteiger partial charge is 0.494 e. The third-order valence-corrected chi connectivity index (χ3v) is 4.55. The molecule has 0 aliphatic heterocycles. The first kappa shape index (κ1) is 19.3. The van der Waals surface area contributed by atoms with Crippen LogP contribution in [0.3, 0.4) is 0 Å². The van der Waals surface area contributed by atoms with Crippen molar-refractivity contribution in [2.75, 3.05) is 18.5 Å². The number of hydrogen-bond acceptors (Lipinski definition) is 3. The summed E-state index contributed by atoms with van der Waals surface area (Å²) in [4.78, 5) is 11.8. The Morgan fingerprint density at radius 3 is 2.61 bits per heavy atom. The first-order chi connectivity index (χ1) is 13.6. The number of fused-ring (bicyclic) bond motifs is 1. The predicted octanol–water partition coefficient (Wildman–Crippen LogP) is 4.89. The van der Waals surface area contributed by atoms with Crippen LogP contribution < -0.4 is 15.4 Å². The smallest absolute Gasteiger partial charge is 0.319 e. The van der Waals surface area contributed by atoms with Crippen LogP contribution in [0.1, 0.15) is 27.3 Å². The minimum Gasteiger partial charge on any atom is -0.494 e. The SMILES string of the molecule is CCCNC(=O)Nc1ccc(-c2c(C#N)c3ccc(OCC)cc3n2C)cc1.[HH]. The Kier molecular flexibility index (Phi) is 5.85. The molecule has 0 radical (unpaired) electrons. The summed E-state index contributed by atoms with van der Waals surface area (Å²) in [5.41, 5.74) is 4.02. The molecule has 1 heterocycles. The molecule has 0 fully saturated rings. The molecule has 2 amide bonds. The zero-order valence-electron chi connectivity index (χ0n) is 16.4. The van der Waals surface area contributed by atoms with Crippen molar-refractivity contribution in [3.05, 3.63) is 48.0 Å². The number of anilines is 1. The van der Waals surface area contributed by atoms with E-state index in [1.54, 1.807) is 0 Å². The van der Waals surface area contributed by atoms with Crippen LogP contribution in [0, 0.1) is 11.3 Å². The average Bonchev–Trinajstić information content (AvgIpc) is 2.99. The Balaban J connectivity index is 0.00000300. The van der Waals surface area contributed by atoms with Gasteiger partial charge in [-0.05, 0) is 43.2 Å². The molecule has 1 aromatic heterocycles. The summed E-state index contributed by atoms with van der Waals surface area (Å²) in [7, 11) is 1.94. The van der Waals surface area contributed by atoms with Gasteiger partial charge < -0.3 is 19.9 Å². The lowest BCUT2D eigenvalue weighted by Gasteiger charge is -2.09. The van der Waals surface area contributed by atoms with Crippen molar-refractivity contribution in [1.82, 2.24) is 9.88 Å². The van der Waals surface area contributed by atoms with Crippen LogP contribution in [0.4, 0.5) is 10.5 Å². The van der Waals surface area contributed by atoms with E-state index in [9.17, 15) is 10.1 Å². The Hall–Kier alpha value is -3.46. The van der Waals surface area contributed by atoms with Gasteiger partial charge in [0.2, 0.25) is 0 Å². The first-order valence-electron chi connectivity index (χ1n) is 9.39. The molecule has 2 N–H and O–H groups in total. The summed E-state index contributed by atoms with van der Waals surface area (Å²) in [5.74, 6) is 0.782. The Morgan fingerprint density at radius 1 is 1.21 bits per heavy atom. The molecule has 0 atom stereocenters. The standard InChI is InChI=1S/C22H24N4O2.H2/c1-4-12-24-22(27)25-16-8-6-15(7-9-16)21-19(14-23)18-11-10-17(28-5-2)13-20(18)26(21)3;/h6-11,13H,4-5,12H2,1-3H3,(H2,24,25,27);1H. The summed E-state index contributed by atoms with van der Waals surface area (Å²) in [6.45, 7) is 5.17. The van der Waals surface area contributed by atoms with Crippen molar-refractivity contribution in [2.24, 2.45) is 7.05 Å². The highest BCUT2D eigenvalue weighted by atomic mass is 16.5. The maximum Gasteiger partial charge on any atom is 0.319 e. The lowest BCUT2D eigenvalue weighted by atomic mass is 10.1. The molecule has 0 saturated carbocycles. The van der Waals surface area contributed by atoms with E-state index in [1.165, 1.54) is 0 Å². The van der Waals surface area contributed by atoms with Gasteiger partial charge in [0.25, 0.3) is 0 Å². The highest BCUT2D eigenvalue weighted by molar-refractivity contribution is 5.95. The lowest BCUT2D eigenvalue weighted by Crippen LogP contribution is -2.29. The number of aromatic nitrogens is 1. The lowest BCUT2D eigenvalue weighted by molar-refractivity contribution is 0.252. The molecule has 0 spiro atoms. The van der Waals surface area contributed by atoms with E-state index in [2.05, 4.69) is 16.7 Å². The number of hydrogen-bond donors (Lipinski definition) is 2. The summed E-state index contributed by atoms with van der Waals surface area (Å²) in [5, 5.41) is 16.2. The number of ether oxygens (including phenoxy) is 1. The maximum atomic E-state index is 11.8. The van der Waals surface area contributed by atoms with Crippen LogP contribution in [0.5, 0.6) is 5.75 Å². The fourth-order valence-electron chi connectivity index (χ4n) is 3.25. The van der Waals surface area contributed by atoms with Gasteiger partial charge in [0.05, 0.1) is 23.4 Å². The van der Waals surface area contributed by atoms with Crippen molar-refractivity contribution in [3.63, 3.8) is 0 Å². The van der Waals surface area contributed by atoms with Gasteiger partial charge >= 0.3 is 6.03 Å². The fraction of sp³-hybridized carbons (Fsp3) is 0.273. The van der Waals surface area contributed by atoms with E-state index in [-0.39, 0.29) is 7.46 Å². The highest BCUT2D eigenvalue weighted by Gasteiger charge is 2.17. The highest BCUT2D eigenvalue weighted by Crippen LogP contribution is 2.34. The van der Waals surface area contributed by atoms with Gasteiger partial charge in [-0.3, -0.25) is 0 Å². The maximum absolute atomic E-state index is 11.8. The van der Waals surface area contributed by atoms with Crippen LogP contribution in [-0.2, 0) is 7.05 Å². The minimum atomic E-state index is -0.222. The summed E-state index contributed by atoms with van der Waals surface area (Å²) in [6.07, 6.45) is 0.884. The molecule has 0 aliphatic carbocycles. The minimum absolute atomic E-state index is 0. The second-order valence-corrected chi connectivity index (χ2v) is 6.46. The van der Waals surface area contributed by atoms with Crippen molar-refractivity contribution >= 4 is 22.6 Å². The van der Waals surface area contributed by atoms with Crippen LogP contribution >= 0.6 is 0 Å². The van der Waals surface area contributed by atoms with E-state index in [4.69, 9.17) is 4.74 Å². The normalized spacial score (nSPS) is 10.5. The molecule has 3 rings (SSSR count). The number of nitriles is 1. The van der Waals surface area contributed by atoms with Gasteiger partial charge in [0.15, 0.2) is 0 Å². The predicted molar refractivity (Wildman–Crippen MR) is 114 cm³/mol. The van der Waals surface area contributed by atoms with Gasteiger partial charge in [-0.25, -0.2) is 4.79 Å². The van der Waals surface area contributed by atoms with Crippen molar-refractivity contribution in [2.45, 2.75) is 20.3 Å². The van der Waals surface area contributed by atoms with E-state index in [0.717, 1.165) is 34.3 Å². The fourth-order valence-corrected chi connectivity index (χ4v) is 3.25.